The maximum absolute atomic E-state index is 5.12. The normalized spacial score (nSPS) is 10.6. The van der Waals surface area contributed by atoms with Crippen LogP contribution in [0.4, 0.5) is 0 Å². The maximum Gasteiger partial charge on any atom is 0.118 e. The standard InChI is InChI=1S/C16H16O/c1-17-16-12-10-15(11-13-16)9-5-8-14-6-3-2-4-7-14/h2-8,10-13H,9H2,1H3/b8-5+. The fraction of sp³-hybridized carbons (Fsp3) is 0.125. The molecule has 0 unspecified atom stereocenters. The lowest BCUT2D eigenvalue weighted by Gasteiger charge is -2.00. The Morgan fingerprint density at radius 2 is 1.65 bits per heavy atom. The zero-order chi connectivity index (χ0) is 11.9. The first kappa shape index (κ1) is 11.5. The number of methoxy groups -OCH3 is 1. The zero-order valence-electron chi connectivity index (χ0n) is 9.97. The zero-order valence-corrected chi connectivity index (χ0v) is 9.97. The lowest BCUT2D eigenvalue weighted by molar-refractivity contribution is 0.414. The molecule has 0 saturated carbocycles. The summed E-state index contributed by atoms with van der Waals surface area (Å²) in [5, 5.41) is 0. The van der Waals surface area contributed by atoms with E-state index >= 15 is 0 Å². The van der Waals surface area contributed by atoms with Gasteiger partial charge in [0.05, 0.1) is 7.11 Å². The molecule has 2 rings (SSSR count). The molecule has 0 aliphatic rings. The Morgan fingerprint density at radius 1 is 0.941 bits per heavy atom. The summed E-state index contributed by atoms with van der Waals surface area (Å²) in [5.41, 5.74) is 2.53. The van der Waals surface area contributed by atoms with Gasteiger partial charge in [-0.2, -0.15) is 0 Å². The van der Waals surface area contributed by atoms with Crippen LogP contribution in [-0.2, 0) is 6.42 Å². The summed E-state index contributed by atoms with van der Waals surface area (Å²) in [7, 11) is 1.68. The number of hydrogen-bond donors (Lipinski definition) is 0. The Balaban J connectivity index is 1.95. The van der Waals surface area contributed by atoms with Crippen molar-refractivity contribution in [2.45, 2.75) is 6.42 Å². The highest BCUT2D eigenvalue weighted by molar-refractivity contribution is 5.49. The van der Waals surface area contributed by atoms with Crippen molar-refractivity contribution in [2.75, 3.05) is 7.11 Å². The van der Waals surface area contributed by atoms with Crippen LogP contribution in [0.15, 0.2) is 60.7 Å². The minimum Gasteiger partial charge on any atom is -0.497 e. The number of ether oxygens (including phenoxy) is 1. The van der Waals surface area contributed by atoms with E-state index in [-0.39, 0.29) is 0 Å². The van der Waals surface area contributed by atoms with Crippen LogP contribution in [0.3, 0.4) is 0 Å². The maximum atomic E-state index is 5.12. The molecule has 1 nitrogen and oxygen atoms in total. The third-order valence-electron chi connectivity index (χ3n) is 2.62. The summed E-state index contributed by atoms with van der Waals surface area (Å²) in [6, 6.07) is 18.5. The molecule has 0 atom stereocenters. The summed E-state index contributed by atoms with van der Waals surface area (Å²) in [6.45, 7) is 0. The number of hydrogen-bond acceptors (Lipinski definition) is 1. The highest BCUT2D eigenvalue weighted by Crippen LogP contribution is 2.12. The van der Waals surface area contributed by atoms with Gasteiger partial charge in [-0.05, 0) is 29.7 Å². The van der Waals surface area contributed by atoms with E-state index in [0.717, 1.165) is 12.2 Å². The molecule has 0 aliphatic carbocycles. The summed E-state index contributed by atoms with van der Waals surface area (Å²) in [6.07, 6.45) is 5.26. The van der Waals surface area contributed by atoms with E-state index in [2.05, 4.69) is 36.4 Å². The summed E-state index contributed by atoms with van der Waals surface area (Å²) >= 11 is 0. The van der Waals surface area contributed by atoms with Gasteiger partial charge in [-0.15, -0.1) is 0 Å². The Morgan fingerprint density at radius 3 is 2.29 bits per heavy atom. The van der Waals surface area contributed by atoms with Gasteiger partial charge in [0, 0.05) is 0 Å². The molecule has 17 heavy (non-hydrogen) atoms. The smallest absolute Gasteiger partial charge is 0.118 e. The molecule has 0 spiro atoms. The molecule has 0 aliphatic heterocycles. The second-order valence-electron chi connectivity index (χ2n) is 3.87. The average molecular weight is 224 g/mol. The van der Waals surface area contributed by atoms with Crippen LogP contribution in [0.2, 0.25) is 0 Å². The molecule has 0 amide bonds. The molecule has 2 aromatic carbocycles. The van der Waals surface area contributed by atoms with Gasteiger partial charge >= 0.3 is 0 Å². The molecule has 0 radical (unpaired) electrons. The van der Waals surface area contributed by atoms with Crippen molar-refractivity contribution in [1.29, 1.82) is 0 Å². The molecular weight excluding hydrogens is 208 g/mol. The molecule has 86 valence electrons. The van der Waals surface area contributed by atoms with Crippen molar-refractivity contribution in [3.05, 3.63) is 71.8 Å². The van der Waals surface area contributed by atoms with E-state index in [4.69, 9.17) is 4.74 Å². The van der Waals surface area contributed by atoms with Crippen LogP contribution < -0.4 is 4.74 Å². The summed E-state index contributed by atoms with van der Waals surface area (Å²) < 4.78 is 5.12. The predicted molar refractivity (Wildman–Crippen MR) is 72.2 cm³/mol. The van der Waals surface area contributed by atoms with Gasteiger partial charge in [-0.3, -0.25) is 0 Å². The largest absolute Gasteiger partial charge is 0.497 e. The Bertz CT molecular complexity index is 469. The average Bonchev–Trinajstić information content (AvgIpc) is 2.41. The third-order valence-corrected chi connectivity index (χ3v) is 2.62. The lowest BCUT2D eigenvalue weighted by Crippen LogP contribution is -1.84. The monoisotopic (exact) mass is 224 g/mol. The first-order chi connectivity index (χ1) is 8.38. The van der Waals surface area contributed by atoms with E-state index in [1.807, 2.05) is 30.3 Å². The van der Waals surface area contributed by atoms with Crippen LogP contribution in [-0.4, -0.2) is 7.11 Å². The Labute approximate surface area is 102 Å². The van der Waals surface area contributed by atoms with Crippen LogP contribution in [0.25, 0.3) is 6.08 Å². The van der Waals surface area contributed by atoms with Crippen LogP contribution in [0.1, 0.15) is 11.1 Å². The minimum absolute atomic E-state index is 0.904. The highest BCUT2D eigenvalue weighted by atomic mass is 16.5. The van der Waals surface area contributed by atoms with Gasteiger partial charge in [-0.25, -0.2) is 0 Å². The van der Waals surface area contributed by atoms with Gasteiger partial charge in [0.15, 0.2) is 0 Å². The van der Waals surface area contributed by atoms with Gasteiger partial charge in [0.1, 0.15) is 5.75 Å². The van der Waals surface area contributed by atoms with Crippen LogP contribution in [0, 0.1) is 0 Å². The van der Waals surface area contributed by atoms with E-state index < -0.39 is 0 Å². The van der Waals surface area contributed by atoms with Crippen molar-refractivity contribution < 1.29 is 4.74 Å². The SMILES string of the molecule is COc1ccc(C/C=C/c2ccccc2)cc1. The fourth-order valence-electron chi connectivity index (χ4n) is 1.66. The van der Waals surface area contributed by atoms with Gasteiger partial charge in [0.2, 0.25) is 0 Å². The molecule has 0 aromatic heterocycles. The van der Waals surface area contributed by atoms with Gasteiger partial charge in [-0.1, -0.05) is 54.6 Å². The number of rotatable bonds is 4. The summed E-state index contributed by atoms with van der Waals surface area (Å²) in [5.74, 6) is 0.904. The second-order valence-corrected chi connectivity index (χ2v) is 3.87. The van der Waals surface area contributed by atoms with Crippen molar-refractivity contribution >= 4 is 6.08 Å². The van der Waals surface area contributed by atoms with Crippen LogP contribution >= 0.6 is 0 Å². The van der Waals surface area contributed by atoms with Crippen molar-refractivity contribution in [3.8, 4) is 5.75 Å². The van der Waals surface area contributed by atoms with Crippen molar-refractivity contribution in [3.63, 3.8) is 0 Å². The molecule has 0 heterocycles. The predicted octanol–water partition coefficient (Wildman–Crippen LogP) is 3.95. The van der Waals surface area contributed by atoms with E-state index in [1.54, 1.807) is 7.11 Å². The summed E-state index contributed by atoms with van der Waals surface area (Å²) in [4.78, 5) is 0. The first-order valence-corrected chi connectivity index (χ1v) is 5.73. The Kier molecular flexibility index (Phi) is 3.98. The highest BCUT2D eigenvalue weighted by Gasteiger charge is 1.91. The molecule has 0 saturated heterocycles. The minimum atomic E-state index is 0.904. The molecular formula is C16H16O. The number of allylic oxidation sites excluding steroid dienone is 1. The quantitative estimate of drug-likeness (QED) is 0.764. The molecule has 1 heteroatoms. The van der Waals surface area contributed by atoms with E-state index in [9.17, 15) is 0 Å². The van der Waals surface area contributed by atoms with Crippen molar-refractivity contribution in [2.24, 2.45) is 0 Å². The Hall–Kier alpha value is -2.02. The lowest BCUT2D eigenvalue weighted by atomic mass is 10.1. The second kappa shape index (κ2) is 5.90. The fourth-order valence-corrected chi connectivity index (χ4v) is 1.66. The van der Waals surface area contributed by atoms with Gasteiger partial charge < -0.3 is 4.74 Å². The van der Waals surface area contributed by atoms with E-state index in [1.165, 1.54) is 11.1 Å². The van der Waals surface area contributed by atoms with Crippen molar-refractivity contribution in [1.82, 2.24) is 0 Å². The number of benzene rings is 2. The molecule has 2 aromatic rings. The third kappa shape index (κ3) is 3.49. The molecule has 0 N–H and O–H groups in total. The first-order valence-electron chi connectivity index (χ1n) is 5.73. The van der Waals surface area contributed by atoms with Gasteiger partial charge in [0.25, 0.3) is 0 Å². The van der Waals surface area contributed by atoms with Crippen LogP contribution in [0.5, 0.6) is 5.75 Å². The molecule has 0 bridgehead atoms. The topological polar surface area (TPSA) is 9.23 Å². The van der Waals surface area contributed by atoms with E-state index in [0.29, 0.717) is 0 Å². The molecule has 0 fully saturated rings.